The Bertz CT molecular complexity index is 559. The molecule has 0 bridgehead atoms. The third-order valence-electron chi connectivity index (χ3n) is 2.69. The van der Waals surface area contributed by atoms with Crippen LogP contribution >= 0.6 is 0 Å². The fourth-order valence-electron chi connectivity index (χ4n) is 1.41. The molecule has 0 rings (SSSR count). The number of hydrogen-bond donors (Lipinski definition) is 2. The zero-order valence-electron chi connectivity index (χ0n) is 22.0. The Morgan fingerprint density at radius 2 is 0.882 bits per heavy atom. The van der Waals surface area contributed by atoms with Gasteiger partial charge in [-0.3, -0.25) is 4.79 Å². The van der Waals surface area contributed by atoms with Gasteiger partial charge in [0.1, 0.15) is 0 Å². The van der Waals surface area contributed by atoms with E-state index in [0.717, 1.165) is 17.7 Å². The second kappa shape index (κ2) is 23.8. The van der Waals surface area contributed by atoms with E-state index < -0.39 is 11.9 Å². The van der Waals surface area contributed by atoms with E-state index in [4.69, 9.17) is 24.4 Å². The van der Waals surface area contributed by atoms with Crippen molar-refractivity contribution >= 4 is 17.9 Å². The largest absolute Gasteiger partial charge is 0.512 e. The topological polar surface area (TPSA) is 119 Å². The molecule has 0 saturated carbocycles. The maximum Gasteiger partial charge on any atom is 0.334 e. The van der Waals surface area contributed by atoms with Gasteiger partial charge in [0.05, 0.1) is 43.5 Å². The first kappa shape index (κ1) is 38.9. The molecule has 0 spiro atoms. The average molecular weight is 527 g/mol. The number of hydrogen-bond acceptors (Lipinski definition) is 8. The summed E-state index contributed by atoms with van der Waals surface area (Å²) in [5, 5.41) is 17.3. The van der Waals surface area contributed by atoms with Gasteiger partial charge < -0.3 is 24.4 Å². The molecule has 0 atom stereocenters. The number of carbonyl (C=O) groups excluding carboxylic acids is 3. The minimum Gasteiger partial charge on any atom is -0.512 e. The first-order valence-electron chi connectivity index (χ1n) is 10.8. The predicted molar refractivity (Wildman–Crippen MR) is 129 cm³/mol. The average Bonchev–Trinajstić information content (AvgIpc) is 2.62. The molecule has 0 heterocycles. The Kier molecular flexibility index (Phi) is 27.2. The summed E-state index contributed by atoms with van der Waals surface area (Å²) in [6, 6.07) is 0. The second-order valence-corrected chi connectivity index (χ2v) is 8.63. The number of esters is 3. The SMILES string of the molecule is C/C(O)=C\C(=O)OCC(C)C.C/C(O)=C\C(=O)OCC(C)C.[CH2-]/C(C)=C\C(=O)OCC(C)C.[Fe]. The Hall–Kier alpha value is -2.38. The Morgan fingerprint density at radius 1 is 0.647 bits per heavy atom. The van der Waals surface area contributed by atoms with Crippen LogP contribution in [-0.4, -0.2) is 47.9 Å². The van der Waals surface area contributed by atoms with E-state index in [9.17, 15) is 14.4 Å². The van der Waals surface area contributed by atoms with Crippen LogP contribution in [0, 0.1) is 24.7 Å². The van der Waals surface area contributed by atoms with Gasteiger partial charge in [0, 0.05) is 17.1 Å². The molecule has 0 radical (unpaired) electrons. The van der Waals surface area contributed by atoms with Crippen molar-refractivity contribution in [3.63, 3.8) is 0 Å². The molecule has 0 saturated heterocycles. The first-order valence-corrected chi connectivity index (χ1v) is 10.8. The van der Waals surface area contributed by atoms with Crippen LogP contribution < -0.4 is 0 Å². The number of allylic oxidation sites excluding steroid dienone is 3. The smallest absolute Gasteiger partial charge is 0.334 e. The molecular weight excluding hydrogens is 484 g/mol. The second-order valence-electron chi connectivity index (χ2n) is 8.63. The van der Waals surface area contributed by atoms with Gasteiger partial charge in [0.2, 0.25) is 5.97 Å². The van der Waals surface area contributed by atoms with Crippen LogP contribution in [0.1, 0.15) is 62.3 Å². The van der Waals surface area contributed by atoms with Crippen molar-refractivity contribution in [2.24, 2.45) is 17.8 Å². The Morgan fingerprint density at radius 3 is 1.06 bits per heavy atom. The Labute approximate surface area is 215 Å². The molecule has 9 heteroatoms. The minimum absolute atomic E-state index is 0. The van der Waals surface area contributed by atoms with Crippen LogP contribution in [0.15, 0.2) is 35.3 Å². The summed E-state index contributed by atoms with van der Waals surface area (Å²) in [4.78, 5) is 32.2. The number of aliphatic hydroxyl groups excluding tert-OH is 2. The van der Waals surface area contributed by atoms with E-state index in [2.05, 4.69) is 6.92 Å². The molecule has 0 aliphatic carbocycles. The zero-order chi connectivity index (χ0) is 26.6. The summed E-state index contributed by atoms with van der Waals surface area (Å²) < 4.78 is 14.3. The van der Waals surface area contributed by atoms with E-state index in [-0.39, 0.29) is 34.6 Å². The van der Waals surface area contributed by atoms with E-state index in [1.807, 2.05) is 41.5 Å². The summed E-state index contributed by atoms with van der Waals surface area (Å²) in [6.07, 6.45) is 3.51. The van der Waals surface area contributed by atoms with E-state index in [1.165, 1.54) is 19.9 Å². The monoisotopic (exact) mass is 527 g/mol. The zero-order valence-corrected chi connectivity index (χ0v) is 23.1. The molecule has 34 heavy (non-hydrogen) atoms. The van der Waals surface area contributed by atoms with Gasteiger partial charge in [0.25, 0.3) is 0 Å². The molecule has 0 aromatic carbocycles. The number of rotatable bonds is 9. The summed E-state index contributed by atoms with van der Waals surface area (Å²) in [5.74, 6) is -0.295. The molecule has 0 aliphatic rings. The van der Waals surface area contributed by atoms with E-state index in [1.54, 1.807) is 6.92 Å². The van der Waals surface area contributed by atoms with Crippen molar-refractivity contribution in [2.75, 3.05) is 19.8 Å². The van der Waals surface area contributed by atoms with Crippen molar-refractivity contribution < 1.29 is 55.9 Å². The van der Waals surface area contributed by atoms with Gasteiger partial charge >= 0.3 is 11.9 Å². The van der Waals surface area contributed by atoms with Crippen LogP contribution in [-0.2, 0) is 45.7 Å². The molecule has 0 fully saturated rings. The molecule has 0 aliphatic heterocycles. The molecular formula is C25H43FeO8-. The van der Waals surface area contributed by atoms with Gasteiger partial charge in [0.15, 0.2) is 0 Å². The van der Waals surface area contributed by atoms with E-state index >= 15 is 0 Å². The summed E-state index contributed by atoms with van der Waals surface area (Å²) in [5.41, 5.74) is 0.721. The fraction of sp³-hybridized carbons (Fsp3) is 0.600. The third-order valence-corrected chi connectivity index (χ3v) is 2.69. The van der Waals surface area contributed by atoms with Crippen molar-refractivity contribution in [2.45, 2.75) is 62.3 Å². The van der Waals surface area contributed by atoms with Crippen LogP contribution in [0.5, 0.6) is 0 Å². The first-order chi connectivity index (χ1) is 15.1. The fourth-order valence-corrected chi connectivity index (χ4v) is 1.41. The van der Waals surface area contributed by atoms with Crippen molar-refractivity contribution in [3.8, 4) is 0 Å². The maximum absolute atomic E-state index is 10.8. The molecule has 0 unspecified atom stereocenters. The van der Waals surface area contributed by atoms with Gasteiger partial charge in [-0.15, -0.1) is 6.08 Å². The predicted octanol–water partition coefficient (Wildman–Crippen LogP) is 5.26. The minimum atomic E-state index is -0.487. The molecule has 200 valence electrons. The maximum atomic E-state index is 10.8. The molecule has 0 amide bonds. The number of aliphatic hydroxyl groups is 2. The molecule has 8 nitrogen and oxygen atoms in total. The van der Waals surface area contributed by atoms with Crippen LogP contribution in [0.3, 0.4) is 0 Å². The molecule has 0 aromatic heterocycles. The molecule has 2 N–H and O–H groups in total. The van der Waals surface area contributed by atoms with Crippen LogP contribution in [0.4, 0.5) is 0 Å². The normalized spacial score (nSPS) is 11.5. The number of ether oxygens (including phenoxy) is 3. The van der Waals surface area contributed by atoms with Crippen LogP contribution in [0.2, 0.25) is 0 Å². The van der Waals surface area contributed by atoms with Gasteiger partial charge in [-0.05, 0) is 31.6 Å². The van der Waals surface area contributed by atoms with E-state index in [0.29, 0.717) is 37.6 Å². The van der Waals surface area contributed by atoms with Gasteiger partial charge in [-0.1, -0.05) is 48.5 Å². The van der Waals surface area contributed by atoms with Crippen molar-refractivity contribution in [1.82, 2.24) is 0 Å². The quantitative estimate of drug-likeness (QED) is 0.104. The van der Waals surface area contributed by atoms with Gasteiger partial charge in [-0.25, -0.2) is 22.1 Å². The number of carbonyl (C=O) groups is 3. The third kappa shape index (κ3) is 40.0. The van der Waals surface area contributed by atoms with Crippen LogP contribution in [0.25, 0.3) is 0 Å². The summed E-state index contributed by atoms with van der Waals surface area (Å²) in [7, 11) is 0. The summed E-state index contributed by atoms with van der Waals surface area (Å²) >= 11 is 0. The van der Waals surface area contributed by atoms with Crippen molar-refractivity contribution in [1.29, 1.82) is 0 Å². The van der Waals surface area contributed by atoms with Gasteiger partial charge in [-0.2, -0.15) is 0 Å². The summed E-state index contributed by atoms with van der Waals surface area (Å²) in [6.45, 7) is 21.2. The van der Waals surface area contributed by atoms with Crippen molar-refractivity contribution in [3.05, 3.63) is 42.2 Å². The molecule has 0 aromatic rings. The standard InChI is InChI=1S/C9H15O2.2C8H14O3.Fe/c1-7(2)5-9(10)11-6-8(3)4;2*1-6(2)5-11-8(10)4-7(3)9;/h5,8H,1,6H2,2-4H3;2*4,6,9H,5H2,1-3H3;/q-1;;;/b7-5+;2*7-4+;. The Balaban J connectivity index is -0.000000196.